The number of hydrogen-bond acceptors (Lipinski definition) is 2. The fraction of sp³-hybridized carbons (Fsp3) is 0.571. The predicted molar refractivity (Wildman–Crippen MR) is 68.4 cm³/mol. The highest BCUT2D eigenvalue weighted by molar-refractivity contribution is 5.19. The molecular formula is C14H21FN2. The van der Waals surface area contributed by atoms with Crippen molar-refractivity contribution in [1.82, 2.24) is 10.6 Å². The van der Waals surface area contributed by atoms with Crippen LogP contribution < -0.4 is 10.6 Å². The van der Waals surface area contributed by atoms with E-state index < -0.39 is 0 Å². The second kappa shape index (κ2) is 6.12. The van der Waals surface area contributed by atoms with Gasteiger partial charge in [0.05, 0.1) is 0 Å². The number of nitrogens with one attached hydrogen (secondary N) is 2. The highest BCUT2D eigenvalue weighted by atomic mass is 19.1. The van der Waals surface area contributed by atoms with Crippen LogP contribution in [-0.4, -0.2) is 19.6 Å². The van der Waals surface area contributed by atoms with Crippen molar-refractivity contribution in [3.05, 3.63) is 35.6 Å². The van der Waals surface area contributed by atoms with Crippen LogP contribution >= 0.6 is 0 Å². The molecule has 1 unspecified atom stereocenters. The van der Waals surface area contributed by atoms with E-state index in [0.717, 1.165) is 25.2 Å². The molecule has 1 saturated heterocycles. The molecule has 94 valence electrons. The molecule has 0 amide bonds. The van der Waals surface area contributed by atoms with Gasteiger partial charge in [-0.15, -0.1) is 0 Å². The summed E-state index contributed by atoms with van der Waals surface area (Å²) in [5, 5.41) is 6.90. The highest BCUT2D eigenvalue weighted by Gasteiger charge is 2.14. The fourth-order valence-electron chi connectivity index (χ4n) is 2.34. The molecule has 1 aromatic rings. The molecule has 1 aliphatic heterocycles. The smallest absolute Gasteiger partial charge is 0.123 e. The molecule has 1 aliphatic rings. The first kappa shape index (κ1) is 12.5. The number of rotatable bonds is 4. The zero-order valence-corrected chi connectivity index (χ0v) is 10.4. The summed E-state index contributed by atoms with van der Waals surface area (Å²) in [7, 11) is 0. The van der Waals surface area contributed by atoms with Crippen LogP contribution in [0.5, 0.6) is 0 Å². The van der Waals surface area contributed by atoms with Crippen molar-refractivity contribution in [2.75, 3.05) is 19.6 Å². The molecule has 0 aliphatic carbocycles. The Kier molecular flexibility index (Phi) is 4.51. The van der Waals surface area contributed by atoms with E-state index in [0.29, 0.717) is 5.92 Å². The van der Waals surface area contributed by atoms with Crippen molar-refractivity contribution in [1.29, 1.82) is 0 Å². The van der Waals surface area contributed by atoms with E-state index in [-0.39, 0.29) is 11.9 Å². The van der Waals surface area contributed by atoms with E-state index in [1.165, 1.54) is 18.9 Å². The second-order valence-corrected chi connectivity index (χ2v) is 4.90. The van der Waals surface area contributed by atoms with E-state index in [4.69, 9.17) is 0 Å². The maximum Gasteiger partial charge on any atom is 0.123 e. The number of piperidine rings is 1. The molecule has 2 atom stereocenters. The van der Waals surface area contributed by atoms with Gasteiger partial charge in [0.15, 0.2) is 0 Å². The molecule has 3 heteroatoms. The van der Waals surface area contributed by atoms with E-state index in [9.17, 15) is 4.39 Å². The molecule has 2 N–H and O–H groups in total. The van der Waals surface area contributed by atoms with Gasteiger partial charge in [-0.05, 0) is 63.0 Å². The Morgan fingerprint density at radius 3 is 3.12 bits per heavy atom. The van der Waals surface area contributed by atoms with Crippen LogP contribution in [0.4, 0.5) is 4.39 Å². The van der Waals surface area contributed by atoms with Gasteiger partial charge in [-0.3, -0.25) is 0 Å². The van der Waals surface area contributed by atoms with Crippen molar-refractivity contribution in [2.24, 2.45) is 5.92 Å². The van der Waals surface area contributed by atoms with Gasteiger partial charge < -0.3 is 10.6 Å². The third-order valence-electron chi connectivity index (χ3n) is 3.46. The van der Waals surface area contributed by atoms with Crippen LogP contribution in [0.2, 0.25) is 0 Å². The SMILES string of the molecule is C[C@H](NCC1CCCNC1)c1cccc(F)c1. The summed E-state index contributed by atoms with van der Waals surface area (Å²) >= 11 is 0. The summed E-state index contributed by atoms with van der Waals surface area (Å²) in [5.74, 6) is 0.551. The molecule has 0 saturated carbocycles. The lowest BCUT2D eigenvalue weighted by Gasteiger charge is -2.25. The van der Waals surface area contributed by atoms with Crippen LogP contribution in [0, 0.1) is 11.7 Å². The largest absolute Gasteiger partial charge is 0.316 e. The molecule has 1 fully saturated rings. The third kappa shape index (κ3) is 3.79. The summed E-state index contributed by atoms with van der Waals surface area (Å²) in [4.78, 5) is 0. The number of halogens is 1. The average molecular weight is 236 g/mol. The van der Waals surface area contributed by atoms with Crippen molar-refractivity contribution >= 4 is 0 Å². The van der Waals surface area contributed by atoms with Crippen LogP contribution in [0.3, 0.4) is 0 Å². The molecule has 0 radical (unpaired) electrons. The highest BCUT2D eigenvalue weighted by Crippen LogP contribution is 2.15. The van der Waals surface area contributed by atoms with Crippen LogP contribution in [0.15, 0.2) is 24.3 Å². The van der Waals surface area contributed by atoms with E-state index >= 15 is 0 Å². The molecule has 17 heavy (non-hydrogen) atoms. The summed E-state index contributed by atoms with van der Waals surface area (Å²) in [5.41, 5.74) is 1.02. The van der Waals surface area contributed by atoms with Gasteiger partial charge in [0, 0.05) is 6.04 Å². The van der Waals surface area contributed by atoms with E-state index in [1.54, 1.807) is 12.1 Å². The Morgan fingerprint density at radius 2 is 2.41 bits per heavy atom. The lowest BCUT2D eigenvalue weighted by molar-refractivity contribution is 0.348. The summed E-state index contributed by atoms with van der Waals surface area (Å²) in [6.07, 6.45) is 2.55. The topological polar surface area (TPSA) is 24.1 Å². The lowest BCUT2D eigenvalue weighted by Crippen LogP contribution is -2.36. The van der Waals surface area contributed by atoms with Gasteiger partial charge >= 0.3 is 0 Å². The minimum absolute atomic E-state index is 0.157. The van der Waals surface area contributed by atoms with Gasteiger partial charge in [0.1, 0.15) is 5.82 Å². The Morgan fingerprint density at radius 1 is 1.53 bits per heavy atom. The Balaban J connectivity index is 1.82. The van der Waals surface area contributed by atoms with Crippen molar-refractivity contribution in [3.63, 3.8) is 0 Å². The van der Waals surface area contributed by atoms with Crippen LogP contribution in [0.1, 0.15) is 31.4 Å². The Hall–Kier alpha value is -0.930. The average Bonchev–Trinajstić information content (AvgIpc) is 2.37. The minimum atomic E-state index is -0.157. The van der Waals surface area contributed by atoms with Gasteiger partial charge in [0.25, 0.3) is 0 Å². The molecule has 0 aromatic heterocycles. The first-order valence-electron chi connectivity index (χ1n) is 6.45. The quantitative estimate of drug-likeness (QED) is 0.839. The molecule has 1 heterocycles. The summed E-state index contributed by atoms with van der Waals surface area (Å²) in [6, 6.07) is 7.05. The molecular weight excluding hydrogens is 215 g/mol. The minimum Gasteiger partial charge on any atom is -0.316 e. The van der Waals surface area contributed by atoms with Crippen LogP contribution in [0.25, 0.3) is 0 Å². The Labute approximate surface area is 103 Å². The van der Waals surface area contributed by atoms with Crippen molar-refractivity contribution in [3.8, 4) is 0 Å². The third-order valence-corrected chi connectivity index (χ3v) is 3.46. The Bertz CT molecular complexity index is 348. The normalized spacial score (nSPS) is 22.4. The molecule has 0 spiro atoms. The zero-order chi connectivity index (χ0) is 12.1. The van der Waals surface area contributed by atoms with E-state index in [1.807, 2.05) is 6.07 Å². The summed E-state index contributed by atoms with van der Waals surface area (Å²) < 4.78 is 13.1. The maximum absolute atomic E-state index is 13.1. The standard InChI is InChI=1S/C14H21FN2/c1-11(13-5-2-6-14(15)8-13)17-10-12-4-3-7-16-9-12/h2,5-6,8,11-12,16-17H,3-4,7,9-10H2,1H3/t11-,12?/m0/s1. The van der Waals surface area contributed by atoms with Crippen molar-refractivity contribution < 1.29 is 4.39 Å². The monoisotopic (exact) mass is 236 g/mol. The van der Waals surface area contributed by atoms with Gasteiger partial charge in [-0.25, -0.2) is 4.39 Å². The molecule has 2 rings (SSSR count). The molecule has 1 aromatic carbocycles. The van der Waals surface area contributed by atoms with E-state index in [2.05, 4.69) is 17.6 Å². The van der Waals surface area contributed by atoms with Crippen LogP contribution in [-0.2, 0) is 0 Å². The van der Waals surface area contributed by atoms with Gasteiger partial charge in [0.2, 0.25) is 0 Å². The van der Waals surface area contributed by atoms with Gasteiger partial charge in [-0.2, -0.15) is 0 Å². The predicted octanol–water partition coefficient (Wildman–Crippen LogP) is 2.48. The molecule has 2 nitrogen and oxygen atoms in total. The first-order chi connectivity index (χ1) is 8.25. The second-order valence-electron chi connectivity index (χ2n) is 4.90. The summed E-state index contributed by atoms with van der Waals surface area (Å²) in [6.45, 7) is 5.34. The lowest BCUT2D eigenvalue weighted by atomic mass is 9.99. The number of benzene rings is 1. The van der Waals surface area contributed by atoms with Crippen molar-refractivity contribution in [2.45, 2.75) is 25.8 Å². The fourth-order valence-corrected chi connectivity index (χ4v) is 2.34. The van der Waals surface area contributed by atoms with Gasteiger partial charge in [-0.1, -0.05) is 12.1 Å². The molecule has 0 bridgehead atoms. The first-order valence-corrected chi connectivity index (χ1v) is 6.45. The maximum atomic E-state index is 13.1. The zero-order valence-electron chi connectivity index (χ0n) is 10.4. The number of hydrogen-bond donors (Lipinski definition) is 2.